The number of aliphatic carboxylic acids is 1. The standard InChI is InChI=1S/C24H36O4.C17H26O3.C7H12O2/c1-7-8-9-12-20-16-22(26-5)21(23(17-20)27-6)15-14-19(4)28-24(25)13-10-11-18(2)3;1-5-6-7-8-14-11-16(19-3)15(10-9-13(2)18)17(12-14)20-4;1-6(2)4-3-5-7(8)9/h14-17,19H,2,7-13H2,1,3-6H3;9-13,18H,5-8H2,1-4H3;1,3-5H2,2H3,(H,8,9)/b15-14+;10-9+;/t19-;13-;/m00./s1. The van der Waals surface area contributed by atoms with Gasteiger partial charge in [-0.1, -0.05) is 56.8 Å². The number of allylic oxidation sites excluding steroid dienone is 2. The first kappa shape index (κ1) is 52.5. The average molecular weight is 795 g/mol. The summed E-state index contributed by atoms with van der Waals surface area (Å²) in [6, 6.07) is 8.23. The van der Waals surface area contributed by atoms with Gasteiger partial charge in [0.15, 0.2) is 0 Å². The van der Waals surface area contributed by atoms with Crippen molar-refractivity contribution in [2.45, 2.75) is 144 Å². The summed E-state index contributed by atoms with van der Waals surface area (Å²) in [7, 11) is 6.63. The summed E-state index contributed by atoms with van der Waals surface area (Å²) in [4.78, 5) is 21.9. The van der Waals surface area contributed by atoms with E-state index in [4.69, 9.17) is 28.8 Å². The van der Waals surface area contributed by atoms with E-state index in [0.29, 0.717) is 12.8 Å². The van der Waals surface area contributed by atoms with E-state index in [1.807, 2.05) is 39.0 Å². The van der Waals surface area contributed by atoms with E-state index in [9.17, 15) is 14.7 Å². The Bertz CT molecular complexity index is 1470. The lowest BCUT2D eigenvalue weighted by Crippen LogP contribution is -2.12. The zero-order valence-electron chi connectivity index (χ0n) is 36.8. The lowest BCUT2D eigenvalue weighted by atomic mass is 10.0. The number of carbonyl (C=O) groups is 2. The van der Waals surface area contributed by atoms with Gasteiger partial charge < -0.3 is 33.9 Å². The van der Waals surface area contributed by atoms with Crippen LogP contribution >= 0.6 is 0 Å². The molecule has 0 radical (unpaired) electrons. The predicted octanol–water partition coefficient (Wildman–Crippen LogP) is 11.8. The number of aliphatic hydroxyl groups is 1. The van der Waals surface area contributed by atoms with Crippen molar-refractivity contribution in [3.63, 3.8) is 0 Å². The Hall–Kier alpha value is -4.50. The van der Waals surface area contributed by atoms with Crippen LogP contribution in [0.25, 0.3) is 12.2 Å². The Labute approximate surface area is 344 Å². The van der Waals surface area contributed by atoms with Gasteiger partial charge in [-0.25, -0.2) is 0 Å². The number of esters is 1. The molecule has 0 aliphatic carbocycles. The van der Waals surface area contributed by atoms with Crippen LogP contribution in [0, 0.1) is 0 Å². The second-order valence-corrected chi connectivity index (χ2v) is 14.4. The first-order valence-electron chi connectivity index (χ1n) is 20.4. The Morgan fingerprint density at radius 3 is 1.35 bits per heavy atom. The number of unbranched alkanes of at least 4 members (excludes halogenated alkanes) is 4. The quantitative estimate of drug-likeness (QED) is 0.0575. The van der Waals surface area contributed by atoms with Crippen molar-refractivity contribution in [3.05, 3.63) is 83.0 Å². The minimum atomic E-state index is -0.726. The third-order valence-electron chi connectivity index (χ3n) is 8.72. The average Bonchev–Trinajstić information content (AvgIpc) is 3.16. The highest BCUT2D eigenvalue weighted by Crippen LogP contribution is 2.34. The molecule has 0 aliphatic rings. The maximum absolute atomic E-state index is 11.9. The maximum atomic E-state index is 11.9. The Kier molecular flexibility index (Phi) is 29.1. The molecule has 320 valence electrons. The number of benzene rings is 2. The zero-order chi connectivity index (χ0) is 43.2. The van der Waals surface area contributed by atoms with Gasteiger partial charge >= 0.3 is 11.9 Å². The molecule has 0 amide bonds. The van der Waals surface area contributed by atoms with Gasteiger partial charge in [-0.05, 0) is 133 Å². The van der Waals surface area contributed by atoms with E-state index in [0.717, 1.165) is 83.8 Å². The van der Waals surface area contributed by atoms with Crippen LogP contribution in [0.2, 0.25) is 0 Å². The molecule has 0 spiro atoms. The molecule has 0 saturated carbocycles. The number of aliphatic hydroxyl groups excluding tert-OH is 1. The number of carboxylic acid groups (broad SMARTS) is 1. The number of aryl methyl sites for hydroxylation is 2. The van der Waals surface area contributed by atoms with Crippen molar-refractivity contribution in [1.29, 1.82) is 0 Å². The molecule has 0 bridgehead atoms. The molecule has 0 unspecified atom stereocenters. The van der Waals surface area contributed by atoms with Crippen LogP contribution < -0.4 is 18.9 Å². The fraction of sp³-hybridized carbons (Fsp3) is 0.542. The molecule has 2 aromatic rings. The number of ether oxygens (including phenoxy) is 5. The van der Waals surface area contributed by atoms with Gasteiger partial charge in [-0.15, -0.1) is 13.2 Å². The summed E-state index contributed by atoms with van der Waals surface area (Å²) in [5.74, 6) is 2.18. The van der Waals surface area contributed by atoms with Gasteiger partial charge in [-0.2, -0.15) is 0 Å². The van der Waals surface area contributed by atoms with Crippen LogP contribution in [0.3, 0.4) is 0 Å². The minimum absolute atomic E-state index is 0.191. The fourth-order valence-corrected chi connectivity index (χ4v) is 5.61. The number of carbonyl (C=O) groups excluding carboxylic acids is 1. The number of hydrogen-bond donors (Lipinski definition) is 2. The summed E-state index contributed by atoms with van der Waals surface area (Å²) < 4.78 is 27.5. The molecule has 9 nitrogen and oxygen atoms in total. The molecule has 2 N–H and O–H groups in total. The lowest BCUT2D eigenvalue weighted by molar-refractivity contribution is -0.146. The zero-order valence-corrected chi connectivity index (χ0v) is 36.8. The Morgan fingerprint density at radius 2 is 1.02 bits per heavy atom. The highest BCUT2D eigenvalue weighted by Gasteiger charge is 2.13. The highest BCUT2D eigenvalue weighted by molar-refractivity contribution is 5.70. The lowest BCUT2D eigenvalue weighted by Gasteiger charge is -2.14. The highest BCUT2D eigenvalue weighted by atomic mass is 16.5. The number of rotatable bonds is 25. The summed E-state index contributed by atoms with van der Waals surface area (Å²) in [5, 5.41) is 17.6. The topological polar surface area (TPSA) is 121 Å². The van der Waals surface area contributed by atoms with E-state index in [-0.39, 0.29) is 18.5 Å². The molecular formula is C48H74O9. The van der Waals surface area contributed by atoms with Crippen LogP contribution in [-0.2, 0) is 27.2 Å². The van der Waals surface area contributed by atoms with Crippen molar-refractivity contribution in [2.24, 2.45) is 0 Å². The van der Waals surface area contributed by atoms with Crippen molar-refractivity contribution in [2.75, 3.05) is 28.4 Å². The molecule has 2 rings (SSSR count). The summed E-state index contributed by atoms with van der Waals surface area (Å²) in [5.41, 5.74) is 6.29. The summed E-state index contributed by atoms with van der Waals surface area (Å²) in [6.45, 7) is 19.3. The second-order valence-electron chi connectivity index (χ2n) is 14.4. The SMILES string of the molecule is C=C(C)CCCC(=O)O.C=C(C)CCCC(=O)O[C@@H](C)/C=C/c1c(OC)cc(CCCCC)cc1OC.CCCCCc1cc(OC)c(/C=C/[C@H](C)O)c(OC)c1. The number of carboxylic acids is 1. The van der Waals surface area contributed by atoms with Gasteiger partial charge in [0.2, 0.25) is 0 Å². The summed E-state index contributed by atoms with van der Waals surface area (Å²) >= 11 is 0. The van der Waals surface area contributed by atoms with Crippen molar-refractivity contribution in [3.8, 4) is 23.0 Å². The Balaban J connectivity index is 0.000000937. The smallest absolute Gasteiger partial charge is 0.306 e. The monoisotopic (exact) mass is 795 g/mol. The van der Waals surface area contributed by atoms with Crippen LogP contribution in [0.15, 0.2) is 60.7 Å². The molecule has 0 aromatic heterocycles. The molecular weight excluding hydrogens is 721 g/mol. The Morgan fingerprint density at radius 1 is 0.632 bits per heavy atom. The molecule has 2 atom stereocenters. The van der Waals surface area contributed by atoms with Gasteiger partial charge in [0.05, 0.1) is 45.7 Å². The van der Waals surface area contributed by atoms with Crippen LogP contribution in [0.1, 0.15) is 141 Å². The number of methoxy groups -OCH3 is 4. The second kappa shape index (κ2) is 31.6. The van der Waals surface area contributed by atoms with E-state index in [2.05, 4.69) is 51.3 Å². The van der Waals surface area contributed by atoms with Crippen molar-refractivity contribution in [1.82, 2.24) is 0 Å². The molecule has 0 saturated heterocycles. The van der Waals surface area contributed by atoms with Gasteiger partial charge in [-0.3, -0.25) is 9.59 Å². The first-order chi connectivity index (χ1) is 27.1. The maximum Gasteiger partial charge on any atom is 0.306 e. The molecule has 9 heteroatoms. The molecule has 2 aromatic carbocycles. The van der Waals surface area contributed by atoms with E-state index < -0.39 is 12.1 Å². The number of hydrogen-bond acceptors (Lipinski definition) is 8. The fourth-order valence-electron chi connectivity index (χ4n) is 5.61. The van der Waals surface area contributed by atoms with Crippen molar-refractivity contribution < 1.29 is 43.5 Å². The normalized spacial score (nSPS) is 11.8. The van der Waals surface area contributed by atoms with Gasteiger partial charge in [0, 0.05) is 12.8 Å². The van der Waals surface area contributed by atoms with Crippen LogP contribution in [0.5, 0.6) is 23.0 Å². The van der Waals surface area contributed by atoms with Crippen LogP contribution in [0.4, 0.5) is 0 Å². The summed E-state index contributed by atoms with van der Waals surface area (Å²) in [6.07, 6.45) is 19.5. The molecule has 0 heterocycles. The molecule has 0 aliphatic heterocycles. The van der Waals surface area contributed by atoms with Crippen LogP contribution in [-0.4, -0.2) is 62.8 Å². The van der Waals surface area contributed by atoms with E-state index in [1.54, 1.807) is 41.4 Å². The minimum Gasteiger partial charge on any atom is -0.496 e. The van der Waals surface area contributed by atoms with Gasteiger partial charge in [0.1, 0.15) is 29.1 Å². The van der Waals surface area contributed by atoms with Crippen molar-refractivity contribution >= 4 is 24.1 Å². The largest absolute Gasteiger partial charge is 0.496 e. The van der Waals surface area contributed by atoms with E-state index >= 15 is 0 Å². The van der Waals surface area contributed by atoms with Gasteiger partial charge in [0.25, 0.3) is 0 Å². The predicted molar refractivity (Wildman–Crippen MR) is 236 cm³/mol. The third kappa shape index (κ3) is 24.7. The third-order valence-corrected chi connectivity index (χ3v) is 8.72. The first-order valence-corrected chi connectivity index (χ1v) is 20.4. The molecule has 57 heavy (non-hydrogen) atoms. The van der Waals surface area contributed by atoms with E-state index in [1.165, 1.54) is 43.2 Å². The molecule has 0 fully saturated rings.